The second-order valence-electron chi connectivity index (χ2n) is 6.70. The Kier molecular flexibility index (Phi) is 6.38. The monoisotopic (exact) mass is 430 g/mol. The van der Waals surface area contributed by atoms with E-state index in [4.69, 9.17) is 9.15 Å². The number of nitrogens with zero attached hydrogens (tertiary/aromatic N) is 2. The van der Waals surface area contributed by atoms with Gasteiger partial charge in [-0.15, -0.1) is 6.58 Å². The highest BCUT2D eigenvalue weighted by Crippen LogP contribution is 2.35. The lowest BCUT2D eigenvalue weighted by Gasteiger charge is -2.12. The molecule has 5 nitrogen and oxygen atoms in total. The number of amidine groups is 1. The van der Waals surface area contributed by atoms with Crippen molar-refractivity contribution in [3.63, 3.8) is 0 Å². The van der Waals surface area contributed by atoms with E-state index in [1.54, 1.807) is 17.1 Å². The Morgan fingerprint density at radius 3 is 2.58 bits per heavy atom. The van der Waals surface area contributed by atoms with Crippen molar-refractivity contribution in [1.82, 2.24) is 4.90 Å². The van der Waals surface area contributed by atoms with Crippen molar-refractivity contribution >= 4 is 34.6 Å². The first-order valence-electron chi connectivity index (χ1n) is 9.97. The predicted molar refractivity (Wildman–Crippen MR) is 126 cm³/mol. The number of hydrogen-bond acceptors (Lipinski definition) is 5. The van der Waals surface area contributed by atoms with E-state index in [2.05, 4.69) is 11.6 Å². The molecule has 0 N–H and O–H groups in total. The van der Waals surface area contributed by atoms with Gasteiger partial charge in [0, 0.05) is 18.2 Å². The van der Waals surface area contributed by atoms with E-state index in [1.807, 2.05) is 73.7 Å². The van der Waals surface area contributed by atoms with Crippen LogP contribution in [0.3, 0.4) is 0 Å². The standard InChI is InChI=1S/C25H22N2O3S/c1-3-16-27-24(28)23(17-21-14-15-22(30-21)18-8-6-5-7-9-18)31-25(27)26-19-10-12-20(13-11-19)29-4-2/h3,5-15,17H,1,4,16H2,2H3/b23-17-,26-25?. The molecule has 1 saturated heterocycles. The van der Waals surface area contributed by atoms with Crippen molar-refractivity contribution in [1.29, 1.82) is 0 Å². The van der Waals surface area contributed by atoms with E-state index in [0.29, 0.717) is 29.0 Å². The maximum atomic E-state index is 13.0. The SMILES string of the molecule is C=CCN1C(=O)/C(=C/c2ccc(-c3ccccc3)o2)SC1=Nc1ccc(OCC)cc1. The summed E-state index contributed by atoms with van der Waals surface area (Å²) in [5.74, 6) is 2.05. The minimum Gasteiger partial charge on any atom is -0.494 e. The summed E-state index contributed by atoms with van der Waals surface area (Å²) in [7, 11) is 0. The van der Waals surface area contributed by atoms with E-state index in [1.165, 1.54) is 11.8 Å². The molecule has 1 fully saturated rings. The molecule has 1 amide bonds. The summed E-state index contributed by atoms with van der Waals surface area (Å²) in [6.45, 7) is 6.70. The number of amides is 1. The zero-order valence-electron chi connectivity index (χ0n) is 17.2. The normalized spacial score (nSPS) is 16.3. The van der Waals surface area contributed by atoms with E-state index < -0.39 is 0 Å². The average Bonchev–Trinajstić information content (AvgIpc) is 3.37. The number of carbonyl (C=O) groups excluding carboxylic acids is 1. The molecule has 2 aromatic carbocycles. The van der Waals surface area contributed by atoms with Crippen LogP contribution in [0.15, 0.2) is 93.7 Å². The Bertz CT molecular complexity index is 1130. The van der Waals surface area contributed by atoms with Gasteiger partial charge in [-0.2, -0.15) is 0 Å². The third kappa shape index (κ3) is 4.81. The number of aliphatic imine (C=N–C) groups is 1. The number of carbonyl (C=O) groups is 1. The topological polar surface area (TPSA) is 55.0 Å². The molecule has 0 spiro atoms. The fourth-order valence-electron chi connectivity index (χ4n) is 3.09. The maximum Gasteiger partial charge on any atom is 0.267 e. The third-order valence-electron chi connectivity index (χ3n) is 4.53. The Morgan fingerprint density at radius 2 is 1.87 bits per heavy atom. The van der Waals surface area contributed by atoms with Crippen LogP contribution in [0, 0.1) is 0 Å². The molecule has 0 saturated carbocycles. The first-order valence-corrected chi connectivity index (χ1v) is 10.8. The van der Waals surface area contributed by atoms with Gasteiger partial charge >= 0.3 is 0 Å². The van der Waals surface area contributed by atoms with Crippen molar-refractivity contribution in [2.75, 3.05) is 13.2 Å². The summed E-state index contributed by atoms with van der Waals surface area (Å²) < 4.78 is 11.4. The fourth-order valence-corrected chi connectivity index (χ4v) is 4.08. The van der Waals surface area contributed by atoms with Gasteiger partial charge in [-0.1, -0.05) is 36.4 Å². The third-order valence-corrected chi connectivity index (χ3v) is 5.54. The van der Waals surface area contributed by atoms with Gasteiger partial charge in [0.05, 0.1) is 17.2 Å². The number of rotatable bonds is 7. The molecule has 4 rings (SSSR count). The summed E-state index contributed by atoms with van der Waals surface area (Å²) in [4.78, 5) is 19.8. The number of thioether (sulfide) groups is 1. The van der Waals surface area contributed by atoms with E-state index in [9.17, 15) is 4.79 Å². The van der Waals surface area contributed by atoms with Crippen LogP contribution in [-0.4, -0.2) is 29.1 Å². The van der Waals surface area contributed by atoms with Gasteiger partial charge in [-0.05, 0) is 55.1 Å². The molecule has 0 aliphatic carbocycles. The number of furan rings is 1. The highest BCUT2D eigenvalue weighted by molar-refractivity contribution is 8.18. The second-order valence-corrected chi connectivity index (χ2v) is 7.71. The van der Waals surface area contributed by atoms with Crippen LogP contribution in [0.5, 0.6) is 5.75 Å². The van der Waals surface area contributed by atoms with Crippen LogP contribution in [0.2, 0.25) is 0 Å². The minimum atomic E-state index is -0.118. The largest absolute Gasteiger partial charge is 0.494 e. The molecule has 6 heteroatoms. The Balaban J connectivity index is 1.59. The zero-order chi connectivity index (χ0) is 21.6. The van der Waals surface area contributed by atoms with E-state index >= 15 is 0 Å². The summed E-state index contributed by atoms with van der Waals surface area (Å²) >= 11 is 1.32. The van der Waals surface area contributed by atoms with Gasteiger partial charge in [0.1, 0.15) is 17.3 Å². The van der Waals surface area contributed by atoms with Crippen LogP contribution in [-0.2, 0) is 4.79 Å². The molecule has 0 bridgehead atoms. The van der Waals surface area contributed by atoms with Crippen molar-refractivity contribution in [3.05, 3.63) is 90.1 Å². The van der Waals surface area contributed by atoms with Crippen LogP contribution in [0.4, 0.5) is 5.69 Å². The van der Waals surface area contributed by atoms with Gasteiger partial charge in [-0.3, -0.25) is 9.69 Å². The molecular formula is C25H22N2O3S. The van der Waals surface area contributed by atoms with Gasteiger partial charge in [-0.25, -0.2) is 4.99 Å². The second kappa shape index (κ2) is 9.53. The Morgan fingerprint density at radius 1 is 1.10 bits per heavy atom. The number of benzene rings is 2. The van der Waals surface area contributed by atoms with Crippen LogP contribution >= 0.6 is 11.8 Å². The number of hydrogen-bond donors (Lipinski definition) is 0. The molecule has 1 aliphatic heterocycles. The van der Waals surface area contributed by atoms with E-state index in [-0.39, 0.29) is 5.91 Å². The molecule has 1 aromatic heterocycles. The molecule has 0 atom stereocenters. The quantitative estimate of drug-likeness (QED) is 0.334. The molecule has 31 heavy (non-hydrogen) atoms. The lowest BCUT2D eigenvalue weighted by atomic mass is 10.2. The molecule has 3 aromatic rings. The predicted octanol–water partition coefficient (Wildman–Crippen LogP) is 6.14. The van der Waals surface area contributed by atoms with Crippen molar-refractivity contribution < 1.29 is 13.9 Å². The lowest BCUT2D eigenvalue weighted by Crippen LogP contribution is -2.29. The van der Waals surface area contributed by atoms with Gasteiger partial charge in [0.15, 0.2) is 5.17 Å². The molecule has 156 valence electrons. The first-order chi connectivity index (χ1) is 15.2. The summed E-state index contributed by atoms with van der Waals surface area (Å²) in [6.07, 6.45) is 3.45. The zero-order valence-corrected chi connectivity index (χ0v) is 18.0. The average molecular weight is 431 g/mol. The Hall–Kier alpha value is -3.51. The van der Waals surface area contributed by atoms with Gasteiger partial charge < -0.3 is 9.15 Å². The maximum absolute atomic E-state index is 13.0. The first kappa shape index (κ1) is 20.8. The minimum absolute atomic E-state index is 0.118. The molecule has 0 radical (unpaired) electrons. The smallest absolute Gasteiger partial charge is 0.267 e. The summed E-state index contributed by atoms with van der Waals surface area (Å²) in [5, 5.41) is 0.607. The van der Waals surface area contributed by atoms with Crippen molar-refractivity contribution in [3.8, 4) is 17.1 Å². The fraction of sp³-hybridized carbons (Fsp3) is 0.120. The van der Waals surface area contributed by atoms with E-state index in [0.717, 1.165) is 22.8 Å². The highest BCUT2D eigenvalue weighted by atomic mass is 32.2. The summed E-state index contributed by atoms with van der Waals surface area (Å²) in [6, 6.07) is 21.1. The lowest BCUT2D eigenvalue weighted by molar-refractivity contribution is -0.121. The number of ether oxygens (including phenoxy) is 1. The van der Waals surface area contributed by atoms with Gasteiger partial charge in [0.2, 0.25) is 0 Å². The van der Waals surface area contributed by atoms with Crippen LogP contribution < -0.4 is 4.74 Å². The highest BCUT2D eigenvalue weighted by Gasteiger charge is 2.32. The molecule has 0 unspecified atom stereocenters. The summed E-state index contributed by atoms with van der Waals surface area (Å²) in [5.41, 5.74) is 1.74. The van der Waals surface area contributed by atoms with Crippen molar-refractivity contribution in [2.24, 2.45) is 4.99 Å². The van der Waals surface area contributed by atoms with Crippen LogP contribution in [0.25, 0.3) is 17.4 Å². The Labute approximate surface area is 185 Å². The van der Waals surface area contributed by atoms with Crippen LogP contribution in [0.1, 0.15) is 12.7 Å². The van der Waals surface area contributed by atoms with Crippen molar-refractivity contribution in [2.45, 2.75) is 6.92 Å². The molecule has 1 aliphatic rings. The molecule has 2 heterocycles. The molecular weight excluding hydrogens is 408 g/mol. The van der Waals surface area contributed by atoms with Gasteiger partial charge in [0.25, 0.3) is 5.91 Å².